The Bertz CT molecular complexity index is 910. The highest BCUT2D eigenvalue weighted by Crippen LogP contribution is 2.34. The van der Waals surface area contributed by atoms with Gasteiger partial charge in [0.2, 0.25) is 0 Å². The van der Waals surface area contributed by atoms with Gasteiger partial charge in [-0.15, -0.1) is 17.8 Å². The molecule has 27 heavy (non-hydrogen) atoms. The number of aromatic nitrogens is 2. The standard InChI is InChI=1S/C20H25N3O3S/c1-2-9-26-12-14(24)10-23(13-7-8-13)11-17-21-19(25)18-15-5-3-4-6-16(15)27-20(18)22-17/h1,13-14,24H,3-12H2,(H,21,22,25)/t14-/m0/s1. The Morgan fingerprint density at radius 1 is 1.41 bits per heavy atom. The molecule has 144 valence electrons. The van der Waals surface area contributed by atoms with E-state index in [0.29, 0.717) is 25.0 Å². The minimum Gasteiger partial charge on any atom is -0.389 e. The lowest BCUT2D eigenvalue weighted by molar-refractivity contribution is 0.0237. The third kappa shape index (κ3) is 4.25. The Balaban J connectivity index is 1.51. The number of ether oxygens (including phenoxy) is 1. The molecule has 0 bridgehead atoms. The first-order valence-corrected chi connectivity index (χ1v) is 10.4. The first-order chi connectivity index (χ1) is 13.2. The molecule has 4 rings (SSSR count). The number of aryl methyl sites for hydroxylation is 2. The van der Waals surface area contributed by atoms with E-state index < -0.39 is 6.10 Å². The molecule has 2 heterocycles. The lowest BCUT2D eigenvalue weighted by Gasteiger charge is -2.24. The number of terminal acetylenes is 1. The SMILES string of the molecule is C#CCOC[C@@H](O)CN(Cc1nc2sc3c(c2c(=O)[nH]1)CCCC3)C1CC1. The van der Waals surface area contributed by atoms with Gasteiger partial charge in [-0.05, 0) is 44.1 Å². The summed E-state index contributed by atoms with van der Waals surface area (Å²) in [7, 11) is 0. The maximum Gasteiger partial charge on any atom is 0.259 e. The van der Waals surface area contributed by atoms with Gasteiger partial charge in [-0.1, -0.05) is 5.92 Å². The molecule has 1 saturated carbocycles. The van der Waals surface area contributed by atoms with Crippen molar-refractivity contribution in [3.8, 4) is 12.3 Å². The van der Waals surface area contributed by atoms with Crippen LogP contribution in [0.4, 0.5) is 0 Å². The molecule has 0 saturated heterocycles. The number of H-pyrrole nitrogens is 1. The molecule has 0 aromatic carbocycles. The Morgan fingerprint density at radius 3 is 3.00 bits per heavy atom. The van der Waals surface area contributed by atoms with Crippen LogP contribution in [-0.2, 0) is 24.1 Å². The highest BCUT2D eigenvalue weighted by atomic mass is 32.1. The van der Waals surface area contributed by atoms with Gasteiger partial charge in [0, 0.05) is 17.5 Å². The van der Waals surface area contributed by atoms with Gasteiger partial charge < -0.3 is 14.8 Å². The van der Waals surface area contributed by atoms with Crippen LogP contribution in [0, 0.1) is 12.3 Å². The van der Waals surface area contributed by atoms with E-state index in [1.165, 1.54) is 16.9 Å². The summed E-state index contributed by atoms with van der Waals surface area (Å²) in [6.07, 6.45) is 11.2. The predicted molar refractivity (Wildman–Crippen MR) is 106 cm³/mol. The number of rotatable bonds is 8. The number of hydrogen-bond donors (Lipinski definition) is 2. The van der Waals surface area contributed by atoms with E-state index in [-0.39, 0.29) is 18.8 Å². The van der Waals surface area contributed by atoms with Crippen LogP contribution >= 0.6 is 11.3 Å². The van der Waals surface area contributed by atoms with E-state index in [2.05, 4.69) is 15.8 Å². The van der Waals surface area contributed by atoms with Gasteiger partial charge in [0.05, 0.1) is 24.6 Å². The van der Waals surface area contributed by atoms with Crippen molar-refractivity contribution >= 4 is 21.6 Å². The molecule has 0 radical (unpaired) electrons. The van der Waals surface area contributed by atoms with E-state index in [9.17, 15) is 9.90 Å². The Morgan fingerprint density at radius 2 is 2.22 bits per heavy atom. The summed E-state index contributed by atoms with van der Waals surface area (Å²) in [6.45, 7) is 1.44. The van der Waals surface area contributed by atoms with E-state index >= 15 is 0 Å². The number of thiophene rings is 1. The van der Waals surface area contributed by atoms with E-state index in [1.54, 1.807) is 11.3 Å². The molecule has 7 heteroatoms. The Kier molecular flexibility index (Phi) is 5.60. The van der Waals surface area contributed by atoms with E-state index in [1.807, 2.05) is 0 Å². The van der Waals surface area contributed by atoms with Crippen LogP contribution in [0.3, 0.4) is 0 Å². The number of aromatic amines is 1. The summed E-state index contributed by atoms with van der Waals surface area (Å²) >= 11 is 1.67. The zero-order valence-corrected chi connectivity index (χ0v) is 16.2. The topological polar surface area (TPSA) is 78.5 Å². The van der Waals surface area contributed by atoms with Crippen molar-refractivity contribution < 1.29 is 9.84 Å². The van der Waals surface area contributed by atoms with Crippen LogP contribution in [0.25, 0.3) is 10.2 Å². The summed E-state index contributed by atoms with van der Waals surface area (Å²) < 4.78 is 5.23. The summed E-state index contributed by atoms with van der Waals surface area (Å²) in [6, 6.07) is 0.435. The van der Waals surface area contributed by atoms with Crippen LogP contribution in [0.1, 0.15) is 41.9 Å². The monoisotopic (exact) mass is 387 g/mol. The fourth-order valence-electron chi connectivity index (χ4n) is 3.84. The van der Waals surface area contributed by atoms with Crippen LogP contribution in [0.2, 0.25) is 0 Å². The lowest BCUT2D eigenvalue weighted by Crippen LogP contribution is -2.37. The Hall–Kier alpha value is -1.72. The number of fused-ring (bicyclic) bond motifs is 3. The largest absolute Gasteiger partial charge is 0.389 e. The number of nitrogens with one attached hydrogen (secondary N) is 1. The average Bonchev–Trinajstić information content (AvgIpc) is 3.42. The fourth-order valence-corrected chi connectivity index (χ4v) is 5.12. The first-order valence-electron chi connectivity index (χ1n) is 9.62. The molecule has 2 aromatic heterocycles. The molecule has 2 aromatic rings. The normalized spacial score (nSPS) is 17.8. The van der Waals surface area contributed by atoms with Crippen LogP contribution in [0.15, 0.2) is 4.79 Å². The second-order valence-electron chi connectivity index (χ2n) is 7.44. The molecule has 2 aliphatic rings. The van der Waals surface area contributed by atoms with E-state index in [4.69, 9.17) is 16.1 Å². The number of hydrogen-bond acceptors (Lipinski definition) is 6. The van der Waals surface area contributed by atoms with Gasteiger partial charge in [0.1, 0.15) is 17.3 Å². The van der Waals surface area contributed by atoms with Crippen LogP contribution < -0.4 is 5.56 Å². The lowest BCUT2D eigenvalue weighted by atomic mass is 9.97. The fraction of sp³-hybridized carbons (Fsp3) is 0.600. The van der Waals surface area contributed by atoms with Gasteiger partial charge in [-0.25, -0.2) is 4.98 Å². The van der Waals surface area contributed by atoms with Crippen molar-refractivity contribution in [1.29, 1.82) is 0 Å². The molecule has 6 nitrogen and oxygen atoms in total. The van der Waals surface area contributed by atoms with Crippen molar-refractivity contribution in [2.24, 2.45) is 0 Å². The van der Waals surface area contributed by atoms with Gasteiger partial charge >= 0.3 is 0 Å². The molecular formula is C20H25N3O3S. The molecule has 0 amide bonds. The van der Waals surface area contributed by atoms with Gasteiger partial charge in [-0.2, -0.15) is 0 Å². The zero-order chi connectivity index (χ0) is 18.8. The predicted octanol–water partition coefficient (Wildman–Crippen LogP) is 1.84. The number of aliphatic hydroxyl groups excluding tert-OH is 1. The molecule has 1 fully saturated rings. The van der Waals surface area contributed by atoms with Crippen LogP contribution in [-0.4, -0.2) is 51.9 Å². The van der Waals surface area contributed by atoms with Crippen molar-refractivity contribution in [2.45, 2.75) is 57.2 Å². The Labute approximate surface area is 162 Å². The molecule has 2 aliphatic carbocycles. The maximum absolute atomic E-state index is 12.7. The third-order valence-corrected chi connectivity index (χ3v) is 6.42. The van der Waals surface area contributed by atoms with Crippen molar-refractivity contribution in [2.75, 3.05) is 19.8 Å². The highest BCUT2D eigenvalue weighted by molar-refractivity contribution is 7.18. The average molecular weight is 388 g/mol. The second kappa shape index (κ2) is 8.11. The summed E-state index contributed by atoms with van der Waals surface area (Å²) in [4.78, 5) is 24.8. The molecule has 0 unspecified atom stereocenters. The van der Waals surface area contributed by atoms with Gasteiger partial charge in [0.15, 0.2) is 0 Å². The summed E-state index contributed by atoms with van der Waals surface area (Å²) in [5.74, 6) is 3.08. The van der Waals surface area contributed by atoms with Crippen LogP contribution in [0.5, 0.6) is 0 Å². The second-order valence-corrected chi connectivity index (χ2v) is 8.52. The summed E-state index contributed by atoms with van der Waals surface area (Å²) in [5.41, 5.74) is 1.18. The minimum atomic E-state index is -0.608. The first kappa shape index (κ1) is 18.6. The summed E-state index contributed by atoms with van der Waals surface area (Å²) in [5, 5.41) is 11.0. The van der Waals surface area contributed by atoms with Gasteiger partial charge in [-0.3, -0.25) is 9.69 Å². The molecule has 2 N–H and O–H groups in total. The van der Waals surface area contributed by atoms with Crippen molar-refractivity contribution in [3.05, 3.63) is 26.6 Å². The van der Waals surface area contributed by atoms with Crippen molar-refractivity contribution in [3.63, 3.8) is 0 Å². The highest BCUT2D eigenvalue weighted by Gasteiger charge is 2.31. The quantitative estimate of drug-likeness (QED) is 0.534. The zero-order valence-electron chi connectivity index (χ0n) is 15.4. The third-order valence-electron chi connectivity index (χ3n) is 5.23. The molecular weight excluding hydrogens is 362 g/mol. The van der Waals surface area contributed by atoms with E-state index in [0.717, 1.165) is 42.3 Å². The number of nitrogens with zero attached hydrogens (tertiary/aromatic N) is 2. The molecule has 1 atom stereocenters. The number of aliphatic hydroxyl groups is 1. The van der Waals surface area contributed by atoms with Gasteiger partial charge in [0.25, 0.3) is 5.56 Å². The minimum absolute atomic E-state index is 0.0250. The maximum atomic E-state index is 12.7. The van der Waals surface area contributed by atoms with Crippen molar-refractivity contribution in [1.82, 2.24) is 14.9 Å². The molecule has 0 spiro atoms. The smallest absolute Gasteiger partial charge is 0.259 e. The molecule has 0 aliphatic heterocycles.